The van der Waals surface area contributed by atoms with E-state index in [0.717, 1.165) is 0 Å². The van der Waals surface area contributed by atoms with Crippen LogP contribution in [0.3, 0.4) is 0 Å². The van der Waals surface area contributed by atoms with Crippen molar-refractivity contribution < 1.29 is 27.1 Å². The molecule has 214 valence electrons. The maximum Gasteiger partial charge on any atom is 0.261 e. The van der Waals surface area contributed by atoms with Crippen molar-refractivity contribution in [3.05, 3.63) is 105 Å². The fourth-order valence-electron chi connectivity index (χ4n) is 5.20. The third-order valence-corrected chi connectivity index (χ3v) is 7.06. The summed E-state index contributed by atoms with van der Waals surface area (Å²) in [5, 5.41) is 2.98. The second-order valence-electron chi connectivity index (χ2n) is 9.81. The summed E-state index contributed by atoms with van der Waals surface area (Å²) in [6.45, 7) is 1.54. The maximum atomic E-state index is 14.3. The van der Waals surface area contributed by atoms with Crippen LogP contribution in [0.4, 0.5) is 28.9 Å². The number of pyridine rings is 2. The Kier molecular flexibility index (Phi) is 6.73. The number of halogens is 4. The van der Waals surface area contributed by atoms with E-state index < -0.39 is 53.1 Å². The van der Waals surface area contributed by atoms with E-state index in [-0.39, 0.29) is 29.0 Å². The summed E-state index contributed by atoms with van der Waals surface area (Å²) >= 11 is 0. The van der Waals surface area contributed by atoms with Crippen molar-refractivity contribution in [2.75, 3.05) is 17.3 Å². The summed E-state index contributed by atoms with van der Waals surface area (Å²) in [5.41, 5.74) is 1.50. The number of ether oxygens (including phenoxy) is 1. The molecule has 13 heteroatoms. The van der Waals surface area contributed by atoms with Crippen LogP contribution in [-0.4, -0.2) is 39.0 Å². The minimum atomic E-state index is -1.50. The number of amides is 1. The van der Waals surface area contributed by atoms with Gasteiger partial charge in [0.1, 0.15) is 11.4 Å². The van der Waals surface area contributed by atoms with Gasteiger partial charge in [0.2, 0.25) is 0 Å². The first-order valence-electron chi connectivity index (χ1n) is 12.8. The Morgan fingerprint density at radius 3 is 2.55 bits per heavy atom. The van der Waals surface area contributed by atoms with Gasteiger partial charge in [-0.2, -0.15) is 0 Å². The lowest BCUT2D eigenvalue weighted by molar-refractivity contribution is 0.0822. The van der Waals surface area contributed by atoms with Crippen molar-refractivity contribution in [3.63, 3.8) is 0 Å². The molecular formula is C29H22F4N6O3. The second kappa shape index (κ2) is 10.4. The lowest BCUT2D eigenvalue weighted by atomic mass is 10.0. The summed E-state index contributed by atoms with van der Waals surface area (Å²) in [4.78, 5) is 42.1. The summed E-state index contributed by atoms with van der Waals surface area (Å²) in [6, 6.07) is 7.70. The number of imidazole rings is 1. The number of carbonyl (C=O) groups excluding carboxylic acids is 1. The van der Waals surface area contributed by atoms with E-state index in [2.05, 4.69) is 25.3 Å². The highest BCUT2D eigenvalue weighted by Crippen LogP contribution is 2.39. The Bertz CT molecular complexity index is 1880. The summed E-state index contributed by atoms with van der Waals surface area (Å²) in [7, 11) is 1.48. The number of nitrogens with zero attached hydrogens (tertiary/aromatic N) is 3. The maximum absolute atomic E-state index is 14.3. The highest BCUT2D eigenvalue weighted by Gasteiger charge is 2.39. The molecule has 2 aromatic carbocycles. The quantitative estimate of drug-likeness (QED) is 0.180. The summed E-state index contributed by atoms with van der Waals surface area (Å²) in [6.07, 6.45) is 3.39. The molecule has 1 unspecified atom stereocenters. The number of aromatic amines is 2. The van der Waals surface area contributed by atoms with Gasteiger partial charge in [-0.1, -0.05) is 0 Å². The Balaban J connectivity index is 1.35. The smallest absolute Gasteiger partial charge is 0.261 e. The Morgan fingerprint density at radius 1 is 1.10 bits per heavy atom. The fourth-order valence-corrected chi connectivity index (χ4v) is 5.20. The highest BCUT2D eigenvalue weighted by molar-refractivity contribution is 6.12. The third-order valence-electron chi connectivity index (χ3n) is 7.06. The van der Waals surface area contributed by atoms with E-state index in [1.54, 1.807) is 43.6 Å². The van der Waals surface area contributed by atoms with Gasteiger partial charge in [-0.25, -0.2) is 22.5 Å². The monoisotopic (exact) mass is 578 g/mol. The zero-order valence-corrected chi connectivity index (χ0v) is 22.1. The van der Waals surface area contributed by atoms with Crippen molar-refractivity contribution in [1.29, 1.82) is 0 Å². The largest absolute Gasteiger partial charge is 0.381 e. The molecule has 0 saturated heterocycles. The molecule has 4 heterocycles. The molecule has 1 amide bonds. The summed E-state index contributed by atoms with van der Waals surface area (Å²) < 4.78 is 61.6. The van der Waals surface area contributed by atoms with Crippen molar-refractivity contribution in [1.82, 2.24) is 19.9 Å². The van der Waals surface area contributed by atoms with Gasteiger partial charge >= 0.3 is 0 Å². The van der Waals surface area contributed by atoms with Crippen LogP contribution in [0.5, 0.6) is 0 Å². The number of aromatic nitrogens is 4. The van der Waals surface area contributed by atoms with Crippen LogP contribution in [0.1, 0.15) is 34.6 Å². The van der Waals surface area contributed by atoms with Gasteiger partial charge in [-0.3, -0.25) is 19.5 Å². The van der Waals surface area contributed by atoms with Crippen LogP contribution in [0, 0.1) is 23.3 Å². The molecule has 0 saturated carbocycles. The first-order valence-corrected chi connectivity index (χ1v) is 12.8. The normalized spacial score (nSPS) is 15.3. The molecule has 1 aliphatic heterocycles. The predicted octanol–water partition coefficient (Wildman–Crippen LogP) is 5.22. The first-order chi connectivity index (χ1) is 20.2. The van der Waals surface area contributed by atoms with Crippen LogP contribution in [0.15, 0.2) is 59.8 Å². The number of hydrogen-bond donors (Lipinski definition) is 3. The molecule has 9 nitrogen and oxygen atoms in total. The van der Waals surface area contributed by atoms with Crippen molar-refractivity contribution in [2.45, 2.75) is 25.6 Å². The molecule has 3 N–H and O–H groups in total. The molecule has 0 radical (unpaired) electrons. The molecule has 0 fully saturated rings. The van der Waals surface area contributed by atoms with Gasteiger partial charge in [-0.15, -0.1) is 0 Å². The van der Waals surface area contributed by atoms with Gasteiger partial charge in [0.15, 0.2) is 29.5 Å². The second-order valence-corrected chi connectivity index (χ2v) is 9.81. The van der Waals surface area contributed by atoms with Gasteiger partial charge in [-0.05, 0) is 43.7 Å². The van der Waals surface area contributed by atoms with Gasteiger partial charge < -0.3 is 20.0 Å². The van der Waals surface area contributed by atoms with E-state index >= 15 is 0 Å². The summed E-state index contributed by atoms with van der Waals surface area (Å²) in [5.74, 6) is -6.11. The molecule has 3 aromatic heterocycles. The zero-order valence-electron chi connectivity index (χ0n) is 22.1. The lowest BCUT2D eigenvalue weighted by Gasteiger charge is -2.23. The predicted molar refractivity (Wildman–Crippen MR) is 146 cm³/mol. The SMILES string of the molecule is COC1c2cc3[nH]c(-c4c(N[C@@H](C)Cc5c(F)c(F)cc(F)c5F)cc[nH]c4=O)nc3cc2C(=O)N1c1cccnc1. The zero-order chi connectivity index (χ0) is 29.7. The Labute approximate surface area is 235 Å². The molecule has 0 bridgehead atoms. The van der Waals surface area contributed by atoms with E-state index in [1.165, 1.54) is 24.3 Å². The first kappa shape index (κ1) is 27.1. The molecule has 0 aliphatic carbocycles. The van der Waals surface area contributed by atoms with Crippen LogP contribution in [0.25, 0.3) is 22.4 Å². The third kappa shape index (κ3) is 4.47. The molecule has 2 atom stereocenters. The molecular weight excluding hydrogens is 556 g/mol. The lowest BCUT2D eigenvalue weighted by Crippen LogP contribution is -2.28. The van der Waals surface area contributed by atoms with Crippen LogP contribution < -0.4 is 15.8 Å². The van der Waals surface area contributed by atoms with E-state index in [4.69, 9.17) is 4.74 Å². The van der Waals surface area contributed by atoms with Gasteiger partial charge in [0, 0.05) is 42.7 Å². The highest BCUT2D eigenvalue weighted by atomic mass is 19.2. The minimum Gasteiger partial charge on any atom is -0.381 e. The fraction of sp³-hybridized carbons (Fsp3) is 0.172. The van der Waals surface area contributed by atoms with E-state index in [1.807, 2.05) is 0 Å². The number of hydrogen-bond acceptors (Lipinski definition) is 6. The average Bonchev–Trinajstić information content (AvgIpc) is 3.50. The molecule has 5 aromatic rings. The van der Waals surface area contributed by atoms with Crippen molar-refractivity contribution in [2.24, 2.45) is 0 Å². The minimum absolute atomic E-state index is 0.0821. The number of rotatable bonds is 7. The number of benzene rings is 2. The van der Waals surface area contributed by atoms with Crippen molar-refractivity contribution >= 4 is 28.3 Å². The van der Waals surface area contributed by atoms with Crippen LogP contribution in [0.2, 0.25) is 0 Å². The number of methoxy groups -OCH3 is 1. The number of fused-ring (bicyclic) bond motifs is 2. The van der Waals surface area contributed by atoms with Gasteiger partial charge in [0.25, 0.3) is 11.5 Å². The topological polar surface area (TPSA) is 116 Å². The Morgan fingerprint density at radius 2 is 1.86 bits per heavy atom. The van der Waals surface area contributed by atoms with Crippen molar-refractivity contribution in [3.8, 4) is 11.4 Å². The number of nitrogens with one attached hydrogen (secondary N) is 3. The van der Waals surface area contributed by atoms with Crippen LogP contribution in [-0.2, 0) is 11.2 Å². The molecule has 0 spiro atoms. The van der Waals surface area contributed by atoms with Gasteiger partial charge in [0.05, 0.1) is 34.2 Å². The van der Waals surface area contributed by atoms with Crippen LogP contribution >= 0.6 is 0 Å². The van der Waals surface area contributed by atoms with E-state index in [0.29, 0.717) is 27.8 Å². The molecule has 1 aliphatic rings. The van der Waals surface area contributed by atoms with E-state index in [9.17, 15) is 27.2 Å². The number of H-pyrrole nitrogens is 2. The number of anilines is 2. The standard InChI is InChI=1S/C29H22F4N6O3/c1-13(8-17-24(32)18(30)11-19(31)25(17)33)36-20-5-7-35-27(40)23(20)26-37-21-9-15-16(10-22(21)38-26)29(42-2)39(28(15)41)14-4-3-6-34-12-14/h3-7,9-13,29H,8H2,1-2H3,(H,37,38)(H2,35,36,40)/t13-,29?/m0/s1. The molecule has 6 rings (SSSR count). The molecule has 42 heavy (non-hydrogen) atoms. The average molecular weight is 579 g/mol. The number of carbonyl (C=O) groups is 1. The Hall–Kier alpha value is -5.04.